The van der Waals surface area contributed by atoms with Crippen molar-refractivity contribution in [1.82, 2.24) is 14.9 Å². The molecule has 2 fully saturated rings. The third-order valence-electron chi connectivity index (χ3n) is 4.67. The highest BCUT2D eigenvalue weighted by Crippen LogP contribution is 2.23. The third-order valence-corrected chi connectivity index (χ3v) is 6.58. The molecule has 3 rings (SSSR count). The lowest BCUT2D eigenvalue weighted by atomic mass is 9.97. The number of carbonyl (C=O) groups is 1. The molecule has 6 nitrogen and oxygen atoms in total. The molecule has 23 heavy (non-hydrogen) atoms. The van der Waals surface area contributed by atoms with Gasteiger partial charge in [-0.1, -0.05) is 18.2 Å². The molecular formula is C16H23N3O3S. The van der Waals surface area contributed by atoms with Gasteiger partial charge in [-0.2, -0.15) is 4.31 Å². The molecule has 0 radical (unpaired) electrons. The van der Waals surface area contributed by atoms with E-state index in [1.54, 1.807) is 28.6 Å². The Hall–Kier alpha value is -1.44. The molecule has 0 aromatic heterocycles. The lowest BCUT2D eigenvalue weighted by Gasteiger charge is -2.32. The molecule has 126 valence electrons. The Morgan fingerprint density at radius 1 is 1.17 bits per heavy atom. The van der Waals surface area contributed by atoms with Gasteiger partial charge in [-0.05, 0) is 30.9 Å². The maximum Gasteiger partial charge on any atom is 0.243 e. The molecule has 0 aliphatic carbocycles. The molecule has 2 heterocycles. The van der Waals surface area contributed by atoms with Crippen LogP contribution in [0.3, 0.4) is 0 Å². The zero-order valence-corrected chi connectivity index (χ0v) is 13.9. The summed E-state index contributed by atoms with van der Waals surface area (Å²) < 4.78 is 26.6. The first kappa shape index (κ1) is 16.4. The second kappa shape index (κ2) is 6.98. The van der Waals surface area contributed by atoms with Gasteiger partial charge in [-0.3, -0.25) is 4.79 Å². The molecule has 0 spiro atoms. The SMILES string of the molecule is O=C(NCC1CCN(S(=O)(=O)c2ccccc2)CC1)C1CNC1. The Bertz CT molecular complexity index is 636. The largest absolute Gasteiger partial charge is 0.356 e. The molecule has 2 saturated heterocycles. The van der Waals surface area contributed by atoms with E-state index in [1.807, 2.05) is 6.07 Å². The van der Waals surface area contributed by atoms with Crippen LogP contribution in [0.1, 0.15) is 12.8 Å². The van der Waals surface area contributed by atoms with E-state index in [4.69, 9.17) is 0 Å². The van der Waals surface area contributed by atoms with Gasteiger partial charge in [-0.15, -0.1) is 0 Å². The first-order valence-electron chi connectivity index (χ1n) is 8.11. The number of amides is 1. The maximum atomic E-state index is 12.5. The fourth-order valence-electron chi connectivity index (χ4n) is 2.96. The van der Waals surface area contributed by atoms with E-state index < -0.39 is 10.0 Å². The van der Waals surface area contributed by atoms with Gasteiger partial charge in [0.25, 0.3) is 0 Å². The first-order chi connectivity index (χ1) is 11.1. The quantitative estimate of drug-likeness (QED) is 0.816. The fourth-order valence-corrected chi connectivity index (χ4v) is 4.45. The predicted octanol–water partition coefficient (Wildman–Crippen LogP) is 0.423. The normalized spacial score (nSPS) is 20.9. The summed E-state index contributed by atoms with van der Waals surface area (Å²) >= 11 is 0. The van der Waals surface area contributed by atoms with Crippen molar-refractivity contribution in [3.8, 4) is 0 Å². The number of benzene rings is 1. The molecular weight excluding hydrogens is 314 g/mol. The lowest BCUT2D eigenvalue weighted by Crippen LogP contribution is -2.51. The molecule has 2 N–H and O–H groups in total. The summed E-state index contributed by atoms with van der Waals surface area (Å²) in [5.74, 6) is 0.575. The molecule has 2 aliphatic rings. The standard InChI is InChI=1S/C16H23N3O3S/c20-16(14-11-17-12-14)18-10-13-6-8-19(9-7-13)23(21,22)15-4-2-1-3-5-15/h1-5,13-14,17H,6-12H2,(H,18,20). The summed E-state index contributed by atoms with van der Waals surface area (Å²) in [6, 6.07) is 8.56. The van der Waals surface area contributed by atoms with E-state index in [1.165, 1.54) is 0 Å². The lowest BCUT2D eigenvalue weighted by molar-refractivity contribution is -0.126. The Morgan fingerprint density at radius 2 is 1.83 bits per heavy atom. The van der Waals surface area contributed by atoms with Crippen molar-refractivity contribution in [2.45, 2.75) is 17.7 Å². The first-order valence-corrected chi connectivity index (χ1v) is 9.55. The van der Waals surface area contributed by atoms with E-state index in [0.29, 0.717) is 30.4 Å². The minimum atomic E-state index is -3.39. The summed E-state index contributed by atoms with van der Waals surface area (Å²) in [6.07, 6.45) is 1.57. The van der Waals surface area contributed by atoms with Gasteiger partial charge < -0.3 is 10.6 Å². The molecule has 1 aromatic carbocycles. The van der Waals surface area contributed by atoms with Crippen LogP contribution in [0.2, 0.25) is 0 Å². The molecule has 0 bridgehead atoms. The number of sulfonamides is 1. The highest BCUT2D eigenvalue weighted by atomic mass is 32.2. The van der Waals surface area contributed by atoms with Gasteiger partial charge in [0.1, 0.15) is 0 Å². The van der Waals surface area contributed by atoms with Gasteiger partial charge >= 0.3 is 0 Å². The minimum Gasteiger partial charge on any atom is -0.356 e. The van der Waals surface area contributed by atoms with Crippen molar-refractivity contribution in [2.75, 3.05) is 32.7 Å². The number of rotatable bonds is 5. The molecule has 1 amide bonds. The van der Waals surface area contributed by atoms with Gasteiger partial charge in [0.15, 0.2) is 0 Å². The van der Waals surface area contributed by atoms with Crippen LogP contribution >= 0.6 is 0 Å². The van der Waals surface area contributed by atoms with Crippen LogP contribution < -0.4 is 10.6 Å². The van der Waals surface area contributed by atoms with Crippen LogP contribution in [-0.2, 0) is 14.8 Å². The van der Waals surface area contributed by atoms with Crippen LogP contribution in [0, 0.1) is 11.8 Å². The summed E-state index contributed by atoms with van der Waals surface area (Å²) in [5.41, 5.74) is 0. The number of piperidine rings is 1. The van der Waals surface area contributed by atoms with E-state index in [-0.39, 0.29) is 11.8 Å². The van der Waals surface area contributed by atoms with Crippen LogP contribution in [-0.4, -0.2) is 51.4 Å². The highest BCUT2D eigenvalue weighted by molar-refractivity contribution is 7.89. The molecule has 0 atom stereocenters. The number of carbonyl (C=O) groups excluding carboxylic acids is 1. The van der Waals surface area contributed by atoms with Crippen molar-refractivity contribution in [1.29, 1.82) is 0 Å². The van der Waals surface area contributed by atoms with Crippen molar-refractivity contribution < 1.29 is 13.2 Å². The zero-order chi connectivity index (χ0) is 16.3. The van der Waals surface area contributed by atoms with E-state index >= 15 is 0 Å². The van der Waals surface area contributed by atoms with Gasteiger partial charge in [0.05, 0.1) is 10.8 Å². The molecule has 0 saturated carbocycles. The van der Waals surface area contributed by atoms with E-state index in [2.05, 4.69) is 10.6 Å². The van der Waals surface area contributed by atoms with Crippen LogP contribution in [0.4, 0.5) is 0 Å². The maximum absolute atomic E-state index is 12.5. The number of nitrogens with zero attached hydrogens (tertiary/aromatic N) is 1. The van der Waals surface area contributed by atoms with Gasteiger partial charge in [0.2, 0.25) is 15.9 Å². The Balaban J connectivity index is 1.49. The summed E-state index contributed by atoms with van der Waals surface area (Å²) in [5, 5.41) is 6.08. The smallest absolute Gasteiger partial charge is 0.243 e. The second-order valence-corrected chi connectivity index (χ2v) is 8.20. The molecule has 7 heteroatoms. The van der Waals surface area contributed by atoms with Crippen molar-refractivity contribution in [2.24, 2.45) is 11.8 Å². The van der Waals surface area contributed by atoms with Crippen LogP contribution in [0.25, 0.3) is 0 Å². The Morgan fingerprint density at radius 3 is 2.39 bits per heavy atom. The second-order valence-electron chi connectivity index (χ2n) is 6.26. The Labute approximate surface area is 137 Å². The van der Waals surface area contributed by atoms with Crippen LogP contribution in [0.15, 0.2) is 35.2 Å². The third kappa shape index (κ3) is 3.73. The topological polar surface area (TPSA) is 78.5 Å². The van der Waals surface area contributed by atoms with E-state index in [9.17, 15) is 13.2 Å². The van der Waals surface area contributed by atoms with Gasteiger partial charge in [0, 0.05) is 32.7 Å². The number of nitrogens with one attached hydrogen (secondary N) is 2. The van der Waals surface area contributed by atoms with Crippen molar-refractivity contribution in [3.63, 3.8) is 0 Å². The summed E-state index contributed by atoms with van der Waals surface area (Å²) in [4.78, 5) is 12.2. The predicted molar refractivity (Wildman–Crippen MR) is 87.3 cm³/mol. The highest BCUT2D eigenvalue weighted by Gasteiger charge is 2.30. The number of hydrogen-bond acceptors (Lipinski definition) is 4. The van der Waals surface area contributed by atoms with Gasteiger partial charge in [-0.25, -0.2) is 8.42 Å². The minimum absolute atomic E-state index is 0.105. The molecule has 0 unspecified atom stereocenters. The number of hydrogen-bond donors (Lipinski definition) is 2. The van der Waals surface area contributed by atoms with Crippen LogP contribution in [0.5, 0.6) is 0 Å². The summed E-state index contributed by atoms with van der Waals surface area (Å²) in [6.45, 7) is 3.21. The average Bonchev–Trinajstić information content (AvgIpc) is 2.52. The Kier molecular flexibility index (Phi) is 4.99. The fraction of sp³-hybridized carbons (Fsp3) is 0.562. The monoisotopic (exact) mass is 337 g/mol. The average molecular weight is 337 g/mol. The van der Waals surface area contributed by atoms with Crippen molar-refractivity contribution >= 4 is 15.9 Å². The van der Waals surface area contributed by atoms with Crippen molar-refractivity contribution in [3.05, 3.63) is 30.3 Å². The molecule has 1 aromatic rings. The zero-order valence-electron chi connectivity index (χ0n) is 13.1. The van der Waals surface area contributed by atoms with E-state index in [0.717, 1.165) is 25.9 Å². The summed E-state index contributed by atoms with van der Waals surface area (Å²) in [7, 11) is -3.39. The molecule has 2 aliphatic heterocycles.